The monoisotopic (exact) mass is 274 g/mol. The van der Waals surface area contributed by atoms with Crippen molar-refractivity contribution in [3.8, 4) is 5.75 Å². The summed E-state index contributed by atoms with van der Waals surface area (Å²) in [6.45, 7) is 2.76. The minimum atomic E-state index is -0.168. The number of methoxy groups -OCH3 is 1. The van der Waals surface area contributed by atoms with Crippen LogP contribution in [-0.2, 0) is 13.6 Å². The van der Waals surface area contributed by atoms with Gasteiger partial charge in [0.25, 0.3) is 0 Å². The Kier molecular flexibility index (Phi) is 3.68. The normalized spacial score (nSPS) is 20.4. The summed E-state index contributed by atoms with van der Waals surface area (Å²) in [5.41, 5.74) is 2.51. The van der Waals surface area contributed by atoms with E-state index in [1.54, 1.807) is 7.11 Å². The second kappa shape index (κ2) is 5.46. The molecule has 20 heavy (non-hydrogen) atoms. The van der Waals surface area contributed by atoms with Crippen LogP contribution in [0.4, 0.5) is 0 Å². The Morgan fingerprint density at radius 3 is 3.00 bits per heavy atom. The van der Waals surface area contributed by atoms with Gasteiger partial charge in [0.15, 0.2) is 0 Å². The third-order valence-electron chi connectivity index (χ3n) is 4.15. The number of nitrogens with zero attached hydrogens (tertiary/aromatic N) is 2. The zero-order valence-electron chi connectivity index (χ0n) is 12.2. The molecule has 1 saturated heterocycles. The standard InChI is InChI=1S/C16H22N2O2/c1-17-9-12(10-18-7-3-4-13(19)11-18)15-6-5-14(20-2)8-16(15)17/h5-6,8-9,13,19H,3-4,7,10-11H2,1-2H3. The summed E-state index contributed by atoms with van der Waals surface area (Å²) in [6.07, 6.45) is 4.03. The predicted molar refractivity (Wildman–Crippen MR) is 80.0 cm³/mol. The summed E-state index contributed by atoms with van der Waals surface area (Å²) >= 11 is 0. The van der Waals surface area contributed by atoms with Crippen LogP contribution < -0.4 is 4.74 Å². The molecule has 0 aliphatic carbocycles. The molecule has 2 heterocycles. The minimum absolute atomic E-state index is 0.168. The van der Waals surface area contributed by atoms with Crippen LogP contribution in [-0.4, -0.2) is 40.9 Å². The lowest BCUT2D eigenvalue weighted by Crippen LogP contribution is -2.37. The highest BCUT2D eigenvalue weighted by atomic mass is 16.5. The highest BCUT2D eigenvalue weighted by molar-refractivity contribution is 5.85. The van der Waals surface area contributed by atoms with Crippen molar-refractivity contribution in [1.82, 2.24) is 9.47 Å². The van der Waals surface area contributed by atoms with Gasteiger partial charge in [0.05, 0.1) is 18.7 Å². The topological polar surface area (TPSA) is 37.6 Å². The molecule has 108 valence electrons. The van der Waals surface area contributed by atoms with E-state index in [0.717, 1.165) is 38.2 Å². The first-order valence-corrected chi connectivity index (χ1v) is 7.20. The zero-order valence-corrected chi connectivity index (χ0v) is 12.2. The van der Waals surface area contributed by atoms with Gasteiger partial charge in [-0.05, 0) is 37.1 Å². The largest absolute Gasteiger partial charge is 0.497 e. The molecule has 0 radical (unpaired) electrons. The predicted octanol–water partition coefficient (Wildman–Crippen LogP) is 2.14. The molecule has 1 aliphatic rings. The van der Waals surface area contributed by atoms with E-state index in [2.05, 4.69) is 34.8 Å². The molecule has 4 nitrogen and oxygen atoms in total. The van der Waals surface area contributed by atoms with Crippen molar-refractivity contribution in [2.45, 2.75) is 25.5 Å². The molecular formula is C16H22N2O2. The number of rotatable bonds is 3. The van der Waals surface area contributed by atoms with Gasteiger partial charge in [-0.25, -0.2) is 0 Å². The summed E-state index contributed by atoms with van der Waals surface area (Å²) in [5, 5.41) is 11.1. The van der Waals surface area contributed by atoms with Gasteiger partial charge in [0.1, 0.15) is 5.75 Å². The van der Waals surface area contributed by atoms with E-state index in [9.17, 15) is 5.11 Å². The van der Waals surface area contributed by atoms with Crippen molar-refractivity contribution in [2.24, 2.45) is 7.05 Å². The van der Waals surface area contributed by atoms with Crippen molar-refractivity contribution in [3.05, 3.63) is 30.0 Å². The Balaban J connectivity index is 1.88. The molecule has 0 spiro atoms. The second-order valence-corrected chi connectivity index (χ2v) is 5.68. The number of aliphatic hydroxyl groups is 1. The lowest BCUT2D eigenvalue weighted by molar-refractivity contribution is 0.0670. The summed E-state index contributed by atoms with van der Waals surface area (Å²) in [6, 6.07) is 6.21. The fourth-order valence-electron chi connectivity index (χ4n) is 3.12. The SMILES string of the molecule is COc1ccc2c(CN3CCCC(O)C3)cn(C)c2c1. The number of piperidine rings is 1. The van der Waals surface area contributed by atoms with Gasteiger partial charge in [-0.2, -0.15) is 0 Å². The molecule has 1 atom stereocenters. The number of β-amino-alcohol motifs (C(OH)–C–C–N with tert-alkyl or cyclic N) is 1. The smallest absolute Gasteiger partial charge is 0.120 e. The van der Waals surface area contributed by atoms with Crippen molar-refractivity contribution < 1.29 is 9.84 Å². The van der Waals surface area contributed by atoms with E-state index in [-0.39, 0.29) is 6.10 Å². The highest BCUT2D eigenvalue weighted by Gasteiger charge is 2.19. The van der Waals surface area contributed by atoms with Crippen molar-refractivity contribution >= 4 is 10.9 Å². The number of aromatic nitrogens is 1. The van der Waals surface area contributed by atoms with Crippen LogP contribution in [0.2, 0.25) is 0 Å². The van der Waals surface area contributed by atoms with Crippen LogP contribution in [0.25, 0.3) is 10.9 Å². The quantitative estimate of drug-likeness (QED) is 0.932. The maximum absolute atomic E-state index is 9.78. The average Bonchev–Trinajstić information content (AvgIpc) is 2.75. The van der Waals surface area contributed by atoms with Crippen LogP contribution in [0.3, 0.4) is 0 Å². The first-order valence-electron chi connectivity index (χ1n) is 7.20. The summed E-state index contributed by atoms with van der Waals surface area (Å²) in [5.74, 6) is 0.888. The van der Waals surface area contributed by atoms with Gasteiger partial charge in [0, 0.05) is 37.8 Å². The fraction of sp³-hybridized carbons (Fsp3) is 0.500. The van der Waals surface area contributed by atoms with Gasteiger partial charge in [0.2, 0.25) is 0 Å². The summed E-state index contributed by atoms with van der Waals surface area (Å²) in [7, 11) is 3.76. The number of fused-ring (bicyclic) bond motifs is 1. The average molecular weight is 274 g/mol. The van der Waals surface area contributed by atoms with Crippen molar-refractivity contribution in [3.63, 3.8) is 0 Å². The molecule has 3 rings (SSSR count). The number of benzene rings is 1. The van der Waals surface area contributed by atoms with Crippen LogP contribution in [0.5, 0.6) is 5.75 Å². The molecular weight excluding hydrogens is 252 g/mol. The maximum atomic E-state index is 9.78. The van der Waals surface area contributed by atoms with Gasteiger partial charge in [-0.15, -0.1) is 0 Å². The molecule has 2 aromatic rings. The van der Waals surface area contributed by atoms with Crippen LogP contribution in [0.15, 0.2) is 24.4 Å². The molecule has 0 saturated carbocycles. The number of aliphatic hydroxyl groups excluding tert-OH is 1. The number of hydrogen-bond donors (Lipinski definition) is 1. The molecule has 1 N–H and O–H groups in total. The molecule has 0 amide bonds. The van der Waals surface area contributed by atoms with E-state index in [1.165, 1.54) is 16.5 Å². The van der Waals surface area contributed by atoms with Crippen LogP contribution in [0, 0.1) is 0 Å². The zero-order chi connectivity index (χ0) is 14.1. The maximum Gasteiger partial charge on any atom is 0.120 e. The number of likely N-dealkylation sites (tertiary alicyclic amines) is 1. The molecule has 1 aliphatic heterocycles. The lowest BCUT2D eigenvalue weighted by atomic mass is 10.1. The van der Waals surface area contributed by atoms with Crippen LogP contribution >= 0.6 is 0 Å². The minimum Gasteiger partial charge on any atom is -0.497 e. The molecule has 1 fully saturated rings. The van der Waals surface area contributed by atoms with E-state index < -0.39 is 0 Å². The van der Waals surface area contributed by atoms with Gasteiger partial charge in [-0.3, -0.25) is 4.90 Å². The third kappa shape index (κ3) is 2.53. The van der Waals surface area contributed by atoms with Gasteiger partial charge in [-0.1, -0.05) is 0 Å². The second-order valence-electron chi connectivity index (χ2n) is 5.68. The van der Waals surface area contributed by atoms with Gasteiger partial charge < -0.3 is 14.4 Å². The Morgan fingerprint density at radius 2 is 2.25 bits per heavy atom. The Bertz CT molecular complexity index is 606. The Hall–Kier alpha value is -1.52. The number of aryl methyl sites for hydroxylation is 1. The van der Waals surface area contributed by atoms with E-state index >= 15 is 0 Å². The number of ether oxygens (including phenoxy) is 1. The molecule has 0 bridgehead atoms. The molecule has 4 heteroatoms. The number of hydrogen-bond acceptors (Lipinski definition) is 3. The molecule has 1 aromatic heterocycles. The lowest BCUT2D eigenvalue weighted by Gasteiger charge is -2.29. The first kappa shape index (κ1) is 13.5. The summed E-state index contributed by atoms with van der Waals surface area (Å²) < 4.78 is 7.44. The van der Waals surface area contributed by atoms with Crippen molar-refractivity contribution in [1.29, 1.82) is 0 Å². The van der Waals surface area contributed by atoms with Crippen molar-refractivity contribution in [2.75, 3.05) is 20.2 Å². The van der Waals surface area contributed by atoms with Crippen LogP contribution in [0.1, 0.15) is 18.4 Å². The molecule has 1 aromatic carbocycles. The highest BCUT2D eigenvalue weighted by Crippen LogP contribution is 2.26. The van der Waals surface area contributed by atoms with E-state index in [0.29, 0.717) is 0 Å². The molecule has 1 unspecified atom stereocenters. The summed E-state index contributed by atoms with van der Waals surface area (Å²) in [4.78, 5) is 2.34. The fourth-order valence-corrected chi connectivity index (χ4v) is 3.12. The van der Waals surface area contributed by atoms with E-state index in [1.807, 2.05) is 6.07 Å². The van der Waals surface area contributed by atoms with E-state index in [4.69, 9.17) is 4.74 Å². The Labute approximate surface area is 119 Å². The Morgan fingerprint density at radius 1 is 1.40 bits per heavy atom. The van der Waals surface area contributed by atoms with Gasteiger partial charge >= 0.3 is 0 Å². The third-order valence-corrected chi connectivity index (χ3v) is 4.15. The first-order chi connectivity index (χ1) is 9.67.